The summed E-state index contributed by atoms with van der Waals surface area (Å²) in [6, 6.07) is 2.12. The van der Waals surface area contributed by atoms with E-state index in [1.165, 1.54) is 0 Å². The van der Waals surface area contributed by atoms with Crippen LogP contribution in [0.2, 0.25) is 0 Å². The molecular weight excluding hydrogens is 194 g/mol. The molecule has 1 fully saturated rings. The molecule has 5 N–H and O–H groups in total. The fourth-order valence-electron chi connectivity index (χ4n) is 1.54. The average molecular weight is 211 g/mol. The minimum atomic E-state index is 0.260. The van der Waals surface area contributed by atoms with Crippen LogP contribution in [0.1, 0.15) is 6.42 Å². The second-order valence-electron chi connectivity index (χ2n) is 3.27. The molecule has 1 atom stereocenters. The Balaban J connectivity index is 0.000000531. The molecule has 84 valence electrons. The van der Waals surface area contributed by atoms with Crippen LogP contribution in [-0.2, 0) is 0 Å². The van der Waals surface area contributed by atoms with Gasteiger partial charge in [0, 0.05) is 32.4 Å². The first-order chi connectivity index (χ1) is 7.25. The Morgan fingerprint density at radius 1 is 1.53 bits per heavy atom. The van der Waals surface area contributed by atoms with E-state index in [0.29, 0.717) is 5.95 Å². The fourth-order valence-corrected chi connectivity index (χ4v) is 1.54. The standard InChI is InChI=1S/C8H13N5.CH4O/c9-6-2-4-13(5-6)7-1-3-11-8(10)12-7;1-2/h1,3,6H,2,4-5,9H2,(H2,10,11,12);2H,1H3. The summed E-state index contributed by atoms with van der Waals surface area (Å²) in [6.07, 6.45) is 2.69. The molecule has 0 bridgehead atoms. The van der Waals surface area contributed by atoms with Crippen molar-refractivity contribution < 1.29 is 5.11 Å². The molecule has 1 saturated heterocycles. The molecule has 1 aliphatic rings. The van der Waals surface area contributed by atoms with E-state index in [2.05, 4.69) is 14.9 Å². The molecule has 1 unspecified atom stereocenters. The molecule has 0 saturated carbocycles. The lowest BCUT2D eigenvalue weighted by Gasteiger charge is -2.16. The van der Waals surface area contributed by atoms with E-state index in [4.69, 9.17) is 16.6 Å². The number of anilines is 2. The molecule has 6 heteroatoms. The highest BCUT2D eigenvalue weighted by atomic mass is 16.2. The summed E-state index contributed by atoms with van der Waals surface area (Å²) in [5.74, 6) is 1.19. The van der Waals surface area contributed by atoms with E-state index >= 15 is 0 Å². The molecule has 1 aliphatic heterocycles. The van der Waals surface area contributed by atoms with Gasteiger partial charge in [-0.15, -0.1) is 0 Å². The van der Waals surface area contributed by atoms with Crippen LogP contribution in [0, 0.1) is 0 Å². The van der Waals surface area contributed by atoms with Crippen LogP contribution in [0.25, 0.3) is 0 Å². The quantitative estimate of drug-likeness (QED) is 0.562. The summed E-state index contributed by atoms with van der Waals surface area (Å²) >= 11 is 0. The van der Waals surface area contributed by atoms with Crippen molar-refractivity contribution in [3.63, 3.8) is 0 Å². The molecule has 2 rings (SSSR count). The zero-order chi connectivity index (χ0) is 11.3. The summed E-state index contributed by atoms with van der Waals surface area (Å²) < 4.78 is 0. The third-order valence-electron chi connectivity index (χ3n) is 2.21. The van der Waals surface area contributed by atoms with Gasteiger partial charge in [0.25, 0.3) is 0 Å². The van der Waals surface area contributed by atoms with Crippen molar-refractivity contribution in [2.45, 2.75) is 12.5 Å². The first-order valence-electron chi connectivity index (χ1n) is 4.79. The number of aliphatic hydroxyl groups is 1. The maximum absolute atomic E-state index is 7.00. The van der Waals surface area contributed by atoms with Crippen molar-refractivity contribution in [3.05, 3.63) is 12.3 Å². The van der Waals surface area contributed by atoms with E-state index in [0.717, 1.165) is 32.4 Å². The first kappa shape index (κ1) is 11.7. The van der Waals surface area contributed by atoms with Gasteiger partial charge in [0.05, 0.1) is 0 Å². The van der Waals surface area contributed by atoms with Gasteiger partial charge in [-0.25, -0.2) is 4.98 Å². The van der Waals surface area contributed by atoms with Gasteiger partial charge in [-0.05, 0) is 12.5 Å². The van der Waals surface area contributed by atoms with Crippen LogP contribution in [0.4, 0.5) is 11.8 Å². The van der Waals surface area contributed by atoms with Crippen molar-refractivity contribution in [2.24, 2.45) is 5.73 Å². The molecule has 0 spiro atoms. The highest BCUT2D eigenvalue weighted by Crippen LogP contribution is 2.16. The molecule has 0 amide bonds. The highest BCUT2D eigenvalue weighted by molar-refractivity contribution is 5.42. The molecule has 2 heterocycles. The predicted molar refractivity (Wildman–Crippen MR) is 59.4 cm³/mol. The molecule has 6 nitrogen and oxygen atoms in total. The van der Waals surface area contributed by atoms with Crippen LogP contribution in [-0.4, -0.2) is 41.3 Å². The Kier molecular flexibility index (Phi) is 4.26. The summed E-state index contributed by atoms with van der Waals surface area (Å²) in [5, 5.41) is 7.00. The van der Waals surface area contributed by atoms with Crippen molar-refractivity contribution in [2.75, 3.05) is 30.8 Å². The van der Waals surface area contributed by atoms with Gasteiger partial charge < -0.3 is 21.5 Å². The number of rotatable bonds is 1. The molecule has 0 aliphatic carbocycles. The van der Waals surface area contributed by atoms with E-state index in [9.17, 15) is 0 Å². The average Bonchev–Trinajstić information content (AvgIpc) is 2.68. The number of aliphatic hydroxyl groups excluding tert-OH is 1. The molecule has 1 aromatic heterocycles. The lowest BCUT2D eigenvalue weighted by Crippen LogP contribution is -2.27. The van der Waals surface area contributed by atoms with Gasteiger partial charge in [0.2, 0.25) is 5.95 Å². The number of nitrogens with two attached hydrogens (primary N) is 2. The van der Waals surface area contributed by atoms with E-state index in [1.54, 1.807) is 6.20 Å². The number of hydrogen-bond donors (Lipinski definition) is 3. The number of nitrogen functional groups attached to an aromatic ring is 1. The van der Waals surface area contributed by atoms with Crippen molar-refractivity contribution in [1.29, 1.82) is 0 Å². The lowest BCUT2D eigenvalue weighted by atomic mass is 10.3. The minimum absolute atomic E-state index is 0.260. The largest absolute Gasteiger partial charge is 0.400 e. The first-order valence-corrected chi connectivity index (χ1v) is 4.79. The van der Waals surface area contributed by atoms with Crippen LogP contribution < -0.4 is 16.4 Å². The highest BCUT2D eigenvalue weighted by Gasteiger charge is 2.20. The molecule has 0 radical (unpaired) electrons. The normalized spacial score (nSPS) is 19.7. The van der Waals surface area contributed by atoms with Gasteiger partial charge in [0.1, 0.15) is 5.82 Å². The lowest BCUT2D eigenvalue weighted by molar-refractivity contribution is 0.399. The van der Waals surface area contributed by atoms with Gasteiger partial charge in [-0.2, -0.15) is 4.98 Å². The number of hydrogen-bond acceptors (Lipinski definition) is 6. The van der Waals surface area contributed by atoms with Gasteiger partial charge in [0.15, 0.2) is 0 Å². The summed E-state index contributed by atoms with van der Waals surface area (Å²) in [5.41, 5.74) is 11.3. The smallest absolute Gasteiger partial charge is 0.221 e. The Morgan fingerprint density at radius 3 is 2.80 bits per heavy atom. The summed E-state index contributed by atoms with van der Waals surface area (Å²) in [7, 11) is 1.00. The predicted octanol–water partition coefficient (Wildman–Crippen LogP) is -0.795. The van der Waals surface area contributed by atoms with Gasteiger partial charge >= 0.3 is 0 Å². The van der Waals surface area contributed by atoms with Gasteiger partial charge in [-0.1, -0.05) is 0 Å². The second kappa shape index (κ2) is 5.47. The third-order valence-corrected chi connectivity index (χ3v) is 2.21. The Bertz CT molecular complexity index is 306. The zero-order valence-electron chi connectivity index (χ0n) is 8.80. The van der Waals surface area contributed by atoms with Crippen LogP contribution in [0.15, 0.2) is 12.3 Å². The Hall–Kier alpha value is -1.40. The number of nitrogens with zero attached hydrogens (tertiary/aromatic N) is 3. The topological polar surface area (TPSA) is 101 Å². The van der Waals surface area contributed by atoms with Crippen molar-refractivity contribution in [3.8, 4) is 0 Å². The SMILES string of the molecule is CO.Nc1nccc(N2CCC(N)C2)n1. The van der Waals surface area contributed by atoms with Crippen LogP contribution >= 0.6 is 0 Å². The van der Waals surface area contributed by atoms with Gasteiger partial charge in [-0.3, -0.25) is 0 Å². The minimum Gasteiger partial charge on any atom is -0.400 e. The monoisotopic (exact) mass is 211 g/mol. The molecule has 15 heavy (non-hydrogen) atoms. The van der Waals surface area contributed by atoms with E-state index < -0.39 is 0 Å². The van der Waals surface area contributed by atoms with E-state index in [-0.39, 0.29) is 6.04 Å². The third kappa shape index (κ3) is 3.03. The summed E-state index contributed by atoms with van der Waals surface area (Å²) in [6.45, 7) is 1.81. The maximum atomic E-state index is 7.00. The van der Waals surface area contributed by atoms with Crippen molar-refractivity contribution in [1.82, 2.24) is 9.97 Å². The summed E-state index contributed by atoms with van der Waals surface area (Å²) in [4.78, 5) is 10.1. The Morgan fingerprint density at radius 2 is 2.27 bits per heavy atom. The van der Waals surface area contributed by atoms with Crippen LogP contribution in [0.5, 0.6) is 0 Å². The van der Waals surface area contributed by atoms with Crippen LogP contribution in [0.3, 0.4) is 0 Å². The second-order valence-corrected chi connectivity index (χ2v) is 3.27. The van der Waals surface area contributed by atoms with E-state index in [1.807, 2.05) is 6.07 Å². The fraction of sp³-hybridized carbons (Fsp3) is 0.556. The molecular formula is C9H17N5O. The number of aromatic nitrogens is 2. The zero-order valence-corrected chi connectivity index (χ0v) is 8.80. The van der Waals surface area contributed by atoms with Crippen molar-refractivity contribution >= 4 is 11.8 Å². The molecule has 0 aromatic carbocycles. The Labute approximate surface area is 88.9 Å². The maximum Gasteiger partial charge on any atom is 0.221 e. The molecule has 1 aromatic rings.